The van der Waals surface area contributed by atoms with Crippen molar-refractivity contribution in [2.75, 3.05) is 37.6 Å². The van der Waals surface area contributed by atoms with E-state index in [0.717, 1.165) is 56.9 Å². The number of fused-ring (bicyclic) bond motifs is 1. The first kappa shape index (κ1) is 18.6. The molecular formula is C20H29N5OS. The first-order chi connectivity index (χ1) is 13.0. The Kier molecular flexibility index (Phi) is 5.32. The average molecular weight is 388 g/mol. The number of aromatic nitrogens is 2. The van der Waals surface area contributed by atoms with Crippen molar-refractivity contribution in [2.45, 2.75) is 43.2 Å². The maximum Gasteiger partial charge on any atom is 0.236 e. The number of piperazine rings is 1. The van der Waals surface area contributed by atoms with Crippen LogP contribution in [0.1, 0.15) is 33.1 Å². The summed E-state index contributed by atoms with van der Waals surface area (Å²) in [6.45, 7) is 9.38. The lowest BCUT2D eigenvalue weighted by Crippen LogP contribution is -2.46. The molecule has 0 spiro atoms. The number of benzene rings is 1. The summed E-state index contributed by atoms with van der Waals surface area (Å²) in [7, 11) is 0. The van der Waals surface area contributed by atoms with Crippen LogP contribution in [0.15, 0.2) is 24.3 Å². The lowest BCUT2D eigenvalue weighted by molar-refractivity contribution is -0.122. The molecule has 0 radical (unpaired) electrons. The number of hydrogen-bond donors (Lipinski definition) is 2. The Morgan fingerprint density at radius 2 is 1.96 bits per heavy atom. The lowest BCUT2D eigenvalue weighted by Gasteiger charge is -2.35. The molecule has 1 atom stereocenters. The number of anilines is 1. The van der Waals surface area contributed by atoms with Gasteiger partial charge in [-0.2, -0.15) is 5.10 Å². The topological polar surface area (TPSA) is 64.3 Å². The van der Waals surface area contributed by atoms with Gasteiger partial charge >= 0.3 is 0 Å². The van der Waals surface area contributed by atoms with Gasteiger partial charge in [0.25, 0.3) is 0 Å². The highest BCUT2D eigenvalue weighted by molar-refractivity contribution is 8.02. The number of aromatic amines is 1. The van der Waals surface area contributed by atoms with Gasteiger partial charge in [-0.3, -0.25) is 14.8 Å². The van der Waals surface area contributed by atoms with Crippen molar-refractivity contribution in [1.82, 2.24) is 20.4 Å². The van der Waals surface area contributed by atoms with Crippen LogP contribution in [0.3, 0.4) is 0 Å². The number of carbonyl (C=O) groups excluding carboxylic acids is 1. The molecule has 1 unspecified atom stereocenters. The van der Waals surface area contributed by atoms with Crippen molar-refractivity contribution in [3.63, 3.8) is 0 Å². The van der Waals surface area contributed by atoms with Crippen LogP contribution in [-0.2, 0) is 4.79 Å². The van der Waals surface area contributed by atoms with Crippen LogP contribution < -0.4 is 10.2 Å². The van der Waals surface area contributed by atoms with Crippen molar-refractivity contribution in [1.29, 1.82) is 0 Å². The number of amides is 1. The molecule has 6 nitrogen and oxygen atoms in total. The maximum atomic E-state index is 11.8. The zero-order chi connectivity index (χ0) is 18.9. The van der Waals surface area contributed by atoms with E-state index in [9.17, 15) is 4.79 Å². The zero-order valence-electron chi connectivity index (χ0n) is 16.2. The van der Waals surface area contributed by atoms with Gasteiger partial charge in [0.1, 0.15) is 0 Å². The van der Waals surface area contributed by atoms with Crippen LogP contribution in [-0.4, -0.2) is 63.8 Å². The van der Waals surface area contributed by atoms with Gasteiger partial charge in [0, 0.05) is 31.6 Å². The fourth-order valence-electron chi connectivity index (χ4n) is 3.93. The minimum Gasteiger partial charge on any atom is -0.352 e. The quantitative estimate of drug-likeness (QED) is 0.746. The highest BCUT2D eigenvalue weighted by atomic mass is 32.2. The van der Waals surface area contributed by atoms with E-state index in [1.165, 1.54) is 11.8 Å². The Hall–Kier alpha value is -1.73. The molecule has 27 heavy (non-hydrogen) atoms. The summed E-state index contributed by atoms with van der Waals surface area (Å²) in [5, 5.41) is 12.3. The Bertz CT molecular complexity index is 797. The number of nitrogens with zero attached hydrogens (tertiary/aromatic N) is 3. The number of rotatable bonds is 6. The summed E-state index contributed by atoms with van der Waals surface area (Å²) in [6.07, 6.45) is 3.43. The molecule has 1 aromatic heterocycles. The van der Waals surface area contributed by atoms with Gasteiger partial charge in [-0.1, -0.05) is 12.1 Å². The van der Waals surface area contributed by atoms with E-state index in [2.05, 4.69) is 43.5 Å². The number of H-pyrrole nitrogens is 1. The van der Waals surface area contributed by atoms with Crippen LogP contribution in [0, 0.1) is 0 Å². The predicted molar refractivity (Wildman–Crippen MR) is 112 cm³/mol. The van der Waals surface area contributed by atoms with Crippen LogP contribution in [0.5, 0.6) is 0 Å². The smallest absolute Gasteiger partial charge is 0.236 e. The number of hydrogen-bond acceptors (Lipinski definition) is 5. The molecule has 146 valence electrons. The molecule has 0 bridgehead atoms. The van der Waals surface area contributed by atoms with Gasteiger partial charge in [0.2, 0.25) is 5.91 Å². The summed E-state index contributed by atoms with van der Waals surface area (Å²) < 4.78 is -0.266. The number of thioether (sulfide) groups is 1. The van der Waals surface area contributed by atoms with Crippen molar-refractivity contribution in [3.8, 4) is 0 Å². The van der Waals surface area contributed by atoms with E-state index < -0.39 is 0 Å². The average Bonchev–Trinajstić information content (AvgIpc) is 3.20. The normalized spacial score (nSPS) is 23.1. The second kappa shape index (κ2) is 7.72. The number of nitrogens with one attached hydrogen (secondary N) is 2. The van der Waals surface area contributed by atoms with Crippen LogP contribution in [0.25, 0.3) is 10.9 Å². The van der Waals surface area contributed by atoms with Crippen molar-refractivity contribution >= 4 is 34.4 Å². The van der Waals surface area contributed by atoms with Gasteiger partial charge in [-0.25, -0.2) is 0 Å². The SMILES string of the molecule is CC1(C)SC(CCCCN2CCN(c3n[nH]c4ccccc34)CC2)NC1=O. The molecule has 2 aliphatic rings. The maximum absolute atomic E-state index is 11.8. The van der Waals surface area contributed by atoms with Gasteiger partial charge < -0.3 is 10.2 Å². The minimum atomic E-state index is -0.266. The molecule has 2 saturated heterocycles. The molecule has 1 amide bonds. The Morgan fingerprint density at radius 3 is 2.70 bits per heavy atom. The van der Waals surface area contributed by atoms with Crippen molar-refractivity contribution in [2.24, 2.45) is 0 Å². The molecule has 7 heteroatoms. The van der Waals surface area contributed by atoms with Crippen LogP contribution in [0.2, 0.25) is 0 Å². The van der Waals surface area contributed by atoms with Gasteiger partial charge in [0.05, 0.1) is 15.6 Å². The molecule has 1 aromatic carbocycles. The summed E-state index contributed by atoms with van der Waals surface area (Å²) in [4.78, 5) is 16.8. The minimum absolute atomic E-state index is 0.180. The summed E-state index contributed by atoms with van der Waals surface area (Å²) in [5.74, 6) is 1.27. The highest BCUT2D eigenvalue weighted by Gasteiger charge is 2.39. The van der Waals surface area contributed by atoms with Crippen LogP contribution >= 0.6 is 11.8 Å². The fourth-order valence-corrected chi connectivity index (χ4v) is 5.26. The van der Waals surface area contributed by atoms with Crippen LogP contribution in [0.4, 0.5) is 5.82 Å². The number of para-hydroxylation sites is 1. The fraction of sp³-hybridized carbons (Fsp3) is 0.600. The standard InChI is InChI=1S/C20H29N5OS/c1-20(2)19(26)21-17(27-20)9-5-6-10-24-11-13-25(14-12-24)18-15-7-3-4-8-16(15)22-23-18/h3-4,7-8,17H,5-6,9-14H2,1-2H3,(H,21,26)(H,22,23). The van der Waals surface area contributed by atoms with E-state index in [4.69, 9.17) is 0 Å². The first-order valence-corrected chi connectivity index (χ1v) is 10.8. The van der Waals surface area contributed by atoms with Crippen molar-refractivity contribution < 1.29 is 4.79 Å². The molecule has 3 heterocycles. The molecule has 0 aliphatic carbocycles. The Morgan fingerprint density at radius 1 is 1.19 bits per heavy atom. The summed E-state index contributed by atoms with van der Waals surface area (Å²) >= 11 is 1.77. The molecule has 2 aromatic rings. The third-order valence-corrected chi connectivity index (χ3v) is 7.00. The van der Waals surface area contributed by atoms with E-state index in [1.807, 2.05) is 19.9 Å². The molecule has 2 fully saturated rings. The van der Waals surface area contributed by atoms with E-state index >= 15 is 0 Å². The van der Waals surface area contributed by atoms with Gasteiger partial charge in [-0.05, 0) is 51.8 Å². The van der Waals surface area contributed by atoms with E-state index in [-0.39, 0.29) is 16.0 Å². The van der Waals surface area contributed by atoms with E-state index in [1.54, 1.807) is 11.8 Å². The summed E-state index contributed by atoms with van der Waals surface area (Å²) in [5.41, 5.74) is 1.11. The Labute approximate surface area is 165 Å². The molecule has 4 rings (SSSR count). The molecular weight excluding hydrogens is 358 g/mol. The molecule has 2 N–H and O–H groups in total. The number of unbranched alkanes of at least 4 members (excludes halogenated alkanes) is 1. The first-order valence-electron chi connectivity index (χ1n) is 9.92. The predicted octanol–water partition coefficient (Wildman–Crippen LogP) is 2.82. The van der Waals surface area contributed by atoms with Gasteiger partial charge in [0.15, 0.2) is 5.82 Å². The zero-order valence-corrected chi connectivity index (χ0v) is 17.0. The Balaban J connectivity index is 1.19. The second-order valence-electron chi connectivity index (χ2n) is 8.01. The van der Waals surface area contributed by atoms with E-state index in [0.29, 0.717) is 0 Å². The third-order valence-electron chi connectivity index (χ3n) is 5.59. The highest BCUT2D eigenvalue weighted by Crippen LogP contribution is 2.36. The number of carbonyl (C=O) groups is 1. The summed E-state index contributed by atoms with van der Waals surface area (Å²) in [6, 6.07) is 8.33. The second-order valence-corrected chi connectivity index (χ2v) is 9.83. The molecule has 0 saturated carbocycles. The lowest BCUT2D eigenvalue weighted by atomic mass is 10.2. The molecule has 2 aliphatic heterocycles. The third kappa shape index (κ3) is 4.09. The van der Waals surface area contributed by atoms with Crippen molar-refractivity contribution in [3.05, 3.63) is 24.3 Å². The van der Waals surface area contributed by atoms with Gasteiger partial charge in [-0.15, -0.1) is 11.8 Å². The largest absolute Gasteiger partial charge is 0.352 e. The monoisotopic (exact) mass is 387 g/mol.